The Kier molecular flexibility index (Phi) is 3.69. The summed E-state index contributed by atoms with van der Waals surface area (Å²) < 4.78 is 0. The van der Waals surface area contributed by atoms with Crippen LogP contribution in [0.5, 0.6) is 0 Å². The number of thioether (sulfide) groups is 1. The largest absolute Gasteiger partial charge is 0.329 e. The number of hydrogen-bond acceptors (Lipinski definition) is 4. The minimum atomic E-state index is 0.376. The molecule has 0 aromatic carbocycles. The van der Waals surface area contributed by atoms with Crippen LogP contribution in [0.15, 0.2) is 11.2 Å². The molecule has 2 N–H and O–H groups in total. The maximum absolute atomic E-state index is 5.52. The summed E-state index contributed by atoms with van der Waals surface area (Å²) in [4.78, 5) is 8.64. The molecule has 72 valence electrons. The first kappa shape index (κ1) is 10.5. The number of rotatable bonds is 3. The minimum absolute atomic E-state index is 0.376. The molecule has 0 bridgehead atoms. The molecule has 0 unspecified atom stereocenters. The van der Waals surface area contributed by atoms with E-state index in [2.05, 4.69) is 16.9 Å². The summed E-state index contributed by atoms with van der Waals surface area (Å²) in [6.45, 7) is 6.68. The Labute approximate surface area is 83.2 Å². The fraction of sp³-hybridized carbons (Fsp3) is 0.556. The molecule has 0 saturated carbocycles. The predicted molar refractivity (Wildman–Crippen MR) is 55.9 cm³/mol. The van der Waals surface area contributed by atoms with Crippen molar-refractivity contribution in [3.05, 3.63) is 17.5 Å². The summed E-state index contributed by atoms with van der Waals surface area (Å²) in [6, 6.07) is 1.97. The van der Waals surface area contributed by atoms with Crippen LogP contribution >= 0.6 is 11.8 Å². The van der Waals surface area contributed by atoms with E-state index in [9.17, 15) is 0 Å². The van der Waals surface area contributed by atoms with Crippen molar-refractivity contribution in [2.75, 3.05) is 6.54 Å². The van der Waals surface area contributed by atoms with Gasteiger partial charge in [-0.1, -0.05) is 18.7 Å². The third-order valence-corrected chi connectivity index (χ3v) is 2.59. The van der Waals surface area contributed by atoms with Crippen molar-refractivity contribution < 1.29 is 0 Å². The van der Waals surface area contributed by atoms with Crippen LogP contribution in [0.3, 0.4) is 0 Å². The molecule has 13 heavy (non-hydrogen) atoms. The average Bonchev–Trinajstić information content (AvgIpc) is 2.02. The predicted octanol–water partition coefficient (Wildman–Crippen LogP) is 1.53. The number of aryl methyl sites for hydroxylation is 2. The third-order valence-electron chi connectivity index (χ3n) is 1.60. The summed E-state index contributed by atoms with van der Waals surface area (Å²) in [7, 11) is 0. The van der Waals surface area contributed by atoms with E-state index in [4.69, 9.17) is 5.73 Å². The van der Waals surface area contributed by atoms with Crippen LogP contribution < -0.4 is 5.73 Å². The molecule has 1 atom stereocenters. The fourth-order valence-electron chi connectivity index (χ4n) is 0.974. The second-order valence-electron chi connectivity index (χ2n) is 3.10. The second-order valence-corrected chi connectivity index (χ2v) is 4.50. The van der Waals surface area contributed by atoms with Gasteiger partial charge in [-0.3, -0.25) is 0 Å². The summed E-state index contributed by atoms with van der Waals surface area (Å²) in [5.74, 6) is 0. The Morgan fingerprint density at radius 2 is 1.92 bits per heavy atom. The molecular formula is C9H15N3S. The van der Waals surface area contributed by atoms with Gasteiger partial charge in [-0.15, -0.1) is 0 Å². The Morgan fingerprint density at radius 3 is 2.38 bits per heavy atom. The smallest absolute Gasteiger partial charge is 0.188 e. The van der Waals surface area contributed by atoms with Crippen molar-refractivity contribution in [3.63, 3.8) is 0 Å². The van der Waals surface area contributed by atoms with Crippen molar-refractivity contribution in [1.82, 2.24) is 9.97 Å². The normalized spacial score (nSPS) is 12.9. The van der Waals surface area contributed by atoms with Gasteiger partial charge in [0.05, 0.1) is 0 Å². The van der Waals surface area contributed by atoms with E-state index in [1.165, 1.54) is 0 Å². The van der Waals surface area contributed by atoms with E-state index < -0.39 is 0 Å². The zero-order valence-electron chi connectivity index (χ0n) is 8.24. The van der Waals surface area contributed by atoms with Gasteiger partial charge < -0.3 is 5.73 Å². The molecular weight excluding hydrogens is 182 g/mol. The zero-order chi connectivity index (χ0) is 9.84. The molecule has 0 fully saturated rings. The highest BCUT2D eigenvalue weighted by atomic mass is 32.2. The molecule has 0 saturated heterocycles. The lowest BCUT2D eigenvalue weighted by molar-refractivity contribution is 0.881. The van der Waals surface area contributed by atoms with Crippen LogP contribution in [0.25, 0.3) is 0 Å². The van der Waals surface area contributed by atoms with Crippen LogP contribution in [0.4, 0.5) is 0 Å². The molecule has 0 aliphatic heterocycles. The van der Waals surface area contributed by atoms with Crippen molar-refractivity contribution >= 4 is 11.8 Å². The molecule has 0 aliphatic carbocycles. The molecule has 1 heterocycles. The van der Waals surface area contributed by atoms with Gasteiger partial charge in [0, 0.05) is 23.2 Å². The number of hydrogen-bond donors (Lipinski definition) is 1. The Balaban J connectivity index is 2.77. The first-order chi connectivity index (χ1) is 6.11. The van der Waals surface area contributed by atoms with E-state index in [0.717, 1.165) is 16.5 Å². The van der Waals surface area contributed by atoms with Crippen LogP contribution in [0, 0.1) is 13.8 Å². The first-order valence-corrected chi connectivity index (χ1v) is 5.19. The Hall–Kier alpha value is -0.610. The van der Waals surface area contributed by atoms with Gasteiger partial charge in [0.1, 0.15) is 0 Å². The quantitative estimate of drug-likeness (QED) is 0.590. The zero-order valence-corrected chi connectivity index (χ0v) is 9.06. The van der Waals surface area contributed by atoms with Crippen LogP contribution in [-0.4, -0.2) is 21.8 Å². The van der Waals surface area contributed by atoms with Crippen LogP contribution in [-0.2, 0) is 0 Å². The number of nitrogens with zero attached hydrogens (tertiary/aromatic N) is 2. The lowest BCUT2D eigenvalue weighted by Gasteiger charge is -2.07. The topological polar surface area (TPSA) is 51.8 Å². The molecule has 0 aliphatic rings. The van der Waals surface area contributed by atoms with Gasteiger partial charge in [0.25, 0.3) is 0 Å². The first-order valence-electron chi connectivity index (χ1n) is 4.31. The maximum Gasteiger partial charge on any atom is 0.188 e. The lowest BCUT2D eigenvalue weighted by Crippen LogP contribution is -2.13. The van der Waals surface area contributed by atoms with Gasteiger partial charge in [-0.25, -0.2) is 9.97 Å². The van der Waals surface area contributed by atoms with E-state index in [1.54, 1.807) is 11.8 Å². The molecule has 1 rings (SSSR count). The summed E-state index contributed by atoms with van der Waals surface area (Å²) in [5, 5.41) is 1.21. The molecule has 0 spiro atoms. The number of aromatic nitrogens is 2. The van der Waals surface area contributed by atoms with Gasteiger partial charge in [-0.05, 0) is 19.9 Å². The summed E-state index contributed by atoms with van der Waals surface area (Å²) >= 11 is 1.62. The summed E-state index contributed by atoms with van der Waals surface area (Å²) in [6.07, 6.45) is 0. The van der Waals surface area contributed by atoms with Gasteiger partial charge in [0.2, 0.25) is 0 Å². The lowest BCUT2D eigenvalue weighted by atomic mass is 10.4. The molecule has 0 radical (unpaired) electrons. The average molecular weight is 197 g/mol. The van der Waals surface area contributed by atoms with Crippen LogP contribution in [0.1, 0.15) is 18.3 Å². The highest BCUT2D eigenvalue weighted by Gasteiger charge is 2.05. The third kappa shape index (κ3) is 3.32. The van der Waals surface area contributed by atoms with E-state index in [0.29, 0.717) is 11.8 Å². The molecule has 3 nitrogen and oxygen atoms in total. The van der Waals surface area contributed by atoms with E-state index in [1.807, 2.05) is 19.9 Å². The highest BCUT2D eigenvalue weighted by molar-refractivity contribution is 7.99. The Bertz CT molecular complexity index is 268. The van der Waals surface area contributed by atoms with E-state index >= 15 is 0 Å². The molecule has 4 heteroatoms. The molecule has 1 aromatic heterocycles. The standard InChI is InChI=1S/C9H15N3S/c1-6-4-7(2)12-9(11-6)13-8(3)5-10/h4,8H,5,10H2,1-3H3/t8-/m1/s1. The second kappa shape index (κ2) is 4.58. The van der Waals surface area contributed by atoms with Gasteiger partial charge >= 0.3 is 0 Å². The summed E-state index contributed by atoms with van der Waals surface area (Å²) in [5.41, 5.74) is 7.55. The molecule has 0 amide bonds. The fourth-order valence-corrected chi connectivity index (χ4v) is 1.82. The Morgan fingerprint density at radius 1 is 1.38 bits per heavy atom. The highest BCUT2D eigenvalue weighted by Crippen LogP contribution is 2.18. The SMILES string of the molecule is Cc1cc(C)nc(S[C@H](C)CN)n1. The van der Waals surface area contributed by atoms with Gasteiger partial charge in [-0.2, -0.15) is 0 Å². The number of nitrogens with two attached hydrogens (primary N) is 1. The maximum atomic E-state index is 5.52. The van der Waals surface area contributed by atoms with Crippen molar-refractivity contribution in [3.8, 4) is 0 Å². The minimum Gasteiger partial charge on any atom is -0.329 e. The monoisotopic (exact) mass is 197 g/mol. The van der Waals surface area contributed by atoms with E-state index in [-0.39, 0.29) is 0 Å². The van der Waals surface area contributed by atoms with Crippen molar-refractivity contribution in [1.29, 1.82) is 0 Å². The van der Waals surface area contributed by atoms with Gasteiger partial charge in [0.15, 0.2) is 5.16 Å². The molecule has 1 aromatic rings. The van der Waals surface area contributed by atoms with Crippen LogP contribution in [0.2, 0.25) is 0 Å². The van der Waals surface area contributed by atoms with Crippen molar-refractivity contribution in [2.45, 2.75) is 31.2 Å². The van der Waals surface area contributed by atoms with Crippen molar-refractivity contribution in [2.24, 2.45) is 5.73 Å².